The molecule has 4 amide bonds. The second kappa shape index (κ2) is 24.1. The van der Waals surface area contributed by atoms with E-state index in [0.717, 1.165) is 40.1 Å². The summed E-state index contributed by atoms with van der Waals surface area (Å²) in [6, 6.07) is 33.4. The maximum absolute atomic E-state index is 12.8. The van der Waals surface area contributed by atoms with Crippen LogP contribution in [-0.2, 0) is 22.4 Å². The highest BCUT2D eigenvalue weighted by Crippen LogP contribution is 2.32. The second-order valence-electron chi connectivity index (χ2n) is 16.3. The maximum atomic E-state index is 12.8. The Labute approximate surface area is 407 Å². The van der Waals surface area contributed by atoms with Crippen molar-refractivity contribution in [3.63, 3.8) is 0 Å². The molecule has 16 heteroatoms. The van der Waals surface area contributed by atoms with Gasteiger partial charge in [-0.1, -0.05) is 31.2 Å². The Bertz CT molecular complexity index is 2820. The molecule has 0 bridgehead atoms. The number of ether oxygens (including phenoxy) is 4. The zero-order chi connectivity index (χ0) is 49.4. The maximum Gasteiger partial charge on any atom is 0.257 e. The molecule has 0 spiro atoms. The number of nitrogens with one attached hydrogen (secondary N) is 2. The lowest BCUT2D eigenvalue weighted by Crippen LogP contribution is -2.38. The Balaban J connectivity index is 0.000000207. The largest absolute Gasteiger partial charge is 0.493 e. The Morgan fingerprint density at radius 1 is 0.586 bits per heavy atom. The number of nitrogens with zero attached hydrogens (tertiary/aromatic N) is 6. The highest BCUT2D eigenvalue weighted by Gasteiger charge is 2.30. The van der Waals surface area contributed by atoms with Gasteiger partial charge in [-0.05, 0) is 115 Å². The number of hydrogen-bond acceptors (Lipinski definition) is 12. The van der Waals surface area contributed by atoms with Crippen molar-refractivity contribution >= 4 is 46.4 Å². The zero-order valence-corrected chi connectivity index (χ0v) is 39.9. The van der Waals surface area contributed by atoms with Crippen molar-refractivity contribution in [1.29, 1.82) is 0 Å². The first-order chi connectivity index (χ1) is 34.1. The topological polar surface area (TPSA) is 186 Å². The van der Waals surface area contributed by atoms with E-state index in [1.165, 1.54) is 17.4 Å². The van der Waals surface area contributed by atoms with E-state index in [4.69, 9.17) is 24.0 Å². The molecule has 0 saturated heterocycles. The monoisotopic (exact) mass is 944 g/mol. The van der Waals surface area contributed by atoms with Gasteiger partial charge in [0.15, 0.2) is 23.0 Å². The third-order valence-corrected chi connectivity index (χ3v) is 11.8. The van der Waals surface area contributed by atoms with E-state index in [1.807, 2.05) is 84.9 Å². The summed E-state index contributed by atoms with van der Waals surface area (Å²) in [5.74, 6) is 2.21. The highest BCUT2D eigenvalue weighted by molar-refractivity contribution is 6.07. The van der Waals surface area contributed by atoms with E-state index in [1.54, 1.807) is 70.1 Å². The van der Waals surface area contributed by atoms with Crippen LogP contribution in [0.2, 0.25) is 0 Å². The number of methoxy groups -OCH3 is 4. The summed E-state index contributed by atoms with van der Waals surface area (Å²) < 4.78 is 21.5. The van der Waals surface area contributed by atoms with Gasteiger partial charge < -0.3 is 29.6 Å². The summed E-state index contributed by atoms with van der Waals surface area (Å²) in [5.41, 5.74) is 8.03. The molecule has 70 heavy (non-hydrogen) atoms. The van der Waals surface area contributed by atoms with Crippen molar-refractivity contribution in [3.05, 3.63) is 167 Å². The third-order valence-electron chi connectivity index (χ3n) is 11.8. The number of aromatic nitrogens is 2. The van der Waals surface area contributed by atoms with Crippen LogP contribution in [0.1, 0.15) is 75.6 Å². The van der Waals surface area contributed by atoms with Crippen molar-refractivity contribution in [3.8, 4) is 23.0 Å². The predicted molar refractivity (Wildman–Crippen MR) is 268 cm³/mol. The number of hydrazone groups is 2. The molecule has 2 N–H and O–H groups in total. The number of rotatable bonds is 17. The quantitative estimate of drug-likeness (QED) is 0.0899. The molecule has 360 valence electrons. The first-order valence-corrected chi connectivity index (χ1v) is 22.9. The first-order valence-electron chi connectivity index (χ1n) is 22.9. The fourth-order valence-corrected chi connectivity index (χ4v) is 7.86. The smallest absolute Gasteiger partial charge is 0.257 e. The minimum atomic E-state index is -0.211. The standard InChI is InChI=1S/C28H30N4O4.C26H26N4O4/c1-4-20-17-26(33)32(31-27(20)21-9-12-24(35-2)25(16-21)36-3)15-13-19-7-10-23(11-8-19)30-28(34)22-6-5-14-29-18-22;1-33-23-11-7-19(16-24(23)34-2)22-10-12-25(31)30(29-22)15-13-18-5-8-21(9-6-18)28-26(32)20-4-3-14-27-17-20/h5-12,14,16,18,20H,4,13,15,17H2,1-3H3,(H,30,34);3-9,11,14,16-17H,10,12-13,15H2,1-2H3,(H,28,32). The summed E-state index contributed by atoms with van der Waals surface area (Å²) in [7, 11) is 6.40. The molecule has 2 aliphatic heterocycles. The number of benzene rings is 4. The van der Waals surface area contributed by atoms with E-state index in [-0.39, 0.29) is 29.5 Å². The third kappa shape index (κ3) is 12.8. The molecule has 8 rings (SSSR count). The second-order valence-corrected chi connectivity index (χ2v) is 16.3. The average molecular weight is 945 g/mol. The Hall–Kier alpha value is -8.40. The van der Waals surface area contributed by atoms with Gasteiger partial charge in [-0.2, -0.15) is 10.2 Å². The van der Waals surface area contributed by atoms with Gasteiger partial charge in [-0.15, -0.1) is 0 Å². The molecule has 0 fully saturated rings. The molecule has 6 aromatic rings. The number of carbonyl (C=O) groups excluding carboxylic acids is 4. The van der Waals surface area contributed by atoms with Crippen LogP contribution in [0.4, 0.5) is 11.4 Å². The molecule has 0 saturated carbocycles. The molecule has 2 aromatic heterocycles. The summed E-state index contributed by atoms with van der Waals surface area (Å²) in [5, 5.41) is 18.2. The molecule has 2 aliphatic rings. The number of hydrogen-bond donors (Lipinski definition) is 2. The van der Waals surface area contributed by atoms with Crippen LogP contribution < -0.4 is 29.6 Å². The molecule has 1 atom stereocenters. The molecule has 0 aliphatic carbocycles. The van der Waals surface area contributed by atoms with Gasteiger partial charge in [0.2, 0.25) is 11.8 Å². The summed E-state index contributed by atoms with van der Waals surface area (Å²) >= 11 is 0. The van der Waals surface area contributed by atoms with Gasteiger partial charge in [0.25, 0.3) is 11.8 Å². The van der Waals surface area contributed by atoms with E-state index in [9.17, 15) is 19.2 Å². The molecule has 16 nitrogen and oxygen atoms in total. The minimum absolute atomic E-state index is 0.00424. The van der Waals surface area contributed by atoms with Gasteiger partial charge in [0.1, 0.15) is 0 Å². The summed E-state index contributed by atoms with van der Waals surface area (Å²) in [6.45, 7) is 3.00. The van der Waals surface area contributed by atoms with E-state index in [0.29, 0.717) is 90.7 Å². The van der Waals surface area contributed by atoms with Gasteiger partial charge in [0, 0.05) is 85.6 Å². The fourth-order valence-electron chi connectivity index (χ4n) is 7.86. The van der Waals surface area contributed by atoms with Crippen molar-refractivity contribution in [1.82, 2.24) is 20.0 Å². The van der Waals surface area contributed by atoms with Crippen molar-refractivity contribution in [2.24, 2.45) is 16.1 Å². The Morgan fingerprint density at radius 3 is 1.54 bits per heavy atom. The SMILES string of the molecule is CCC1CC(=O)N(CCc2ccc(NC(=O)c3cccnc3)cc2)N=C1c1ccc(OC)c(OC)c1.COc1ccc(C2=NN(CCc3ccc(NC(=O)c4cccnc4)cc3)C(=O)CC2)cc1OC. The van der Waals surface area contributed by atoms with Crippen LogP contribution in [0.15, 0.2) is 144 Å². The van der Waals surface area contributed by atoms with E-state index >= 15 is 0 Å². The molecule has 4 heterocycles. The average Bonchev–Trinajstić information content (AvgIpc) is 3.41. The molecule has 1 unspecified atom stereocenters. The molecular weight excluding hydrogens is 889 g/mol. The Morgan fingerprint density at radius 2 is 1.07 bits per heavy atom. The lowest BCUT2D eigenvalue weighted by Gasteiger charge is -2.29. The lowest BCUT2D eigenvalue weighted by molar-refractivity contribution is -0.133. The number of pyridine rings is 2. The van der Waals surface area contributed by atoms with Crippen LogP contribution in [-0.4, -0.2) is 96.6 Å². The fraction of sp³-hybridized carbons (Fsp3) is 0.259. The lowest BCUT2D eigenvalue weighted by atomic mass is 9.89. The highest BCUT2D eigenvalue weighted by atomic mass is 16.5. The van der Waals surface area contributed by atoms with Gasteiger partial charge >= 0.3 is 0 Å². The normalized spacial score (nSPS) is 14.3. The van der Waals surface area contributed by atoms with Crippen LogP contribution in [0.3, 0.4) is 0 Å². The zero-order valence-electron chi connectivity index (χ0n) is 39.9. The van der Waals surface area contributed by atoms with Crippen molar-refractivity contribution in [2.45, 2.75) is 45.4 Å². The molecule has 4 aromatic carbocycles. The predicted octanol–water partition coefficient (Wildman–Crippen LogP) is 8.48. The number of amides is 4. The van der Waals surface area contributed by atoms with E-state index in [2.05, 4.69) is 32.6 Å². The van der Waals surface area contributed by atoms with Crippen LogP contribution in [0.5, 0.6) is 23.0 Å². The summed E-state index contributed by atoms with van der Waals surface area (Å²) in [6.07, 6.45) is 9.81. The van der Waals surface area contributed by atoms with Crippen LogP contribution in [0.25, 0.3) is 0 Å². The van der Waals surface area contributed by atoms with Crippen molar-refractivity contribution in [2.75, 3.05) is 52.2 Å². The summed E-state index contributed by atoms with van der Waals surface area (Å²) in [4.78, 5) is 57.8. The van der Waals surface area contributed by atoms with Gasteiger partial charge in [-0.25, -0.2) is 10.0 Å². The van der Waals surface area contributed by atoms with Crippen LogP contribution in [0, 0.1) is 5.92 Å². The van der Waals surface area contributed by atoms with E-state index < -0.39 is 0 Å². The minimum Gasteiger partial charge on any atom is -0.493 e. The molecular formula is C54H56N8O8. The van der Waals surface area contributed by atoms with Crippen molar-refractivity contribution < 1.29 is 38.1 Å². The van der Waals surface area contributed by atoms with Gasteiger partial charge in [0.05, 0.1) is 51.0 Å². The number of anilines is 2. The number of carbonyl (C=O) groups is 4. The molecule has 0 radical (unpaired) electrons. The van der Waals surface area contributed by atoms with Gasteiger partial charge in [-0.3, -0.25) is 29.1 Å². The first kappa shape index (κ1) is 49.5. The van der Waals surface area contributed by atoms with Crippen LogP contribution >= 0.6 is 0 Å². The Kier molecular flexibility index (Phi) is 17.0.